The van der Waals surface area contributed by atoms with E-state index in [9.17, 15) is 9.59 Å². The molecule has 1 N–H and O–H groups in total. The van der Waals surface area contributed by atoms with Crippen molar-refractivity contribution in [2.45, 2.75) is 13.5 Å². The van der Waals surface area contributed by atoms with Crippen LogP contribution in [0.4, 0.5) is 5.69 Å². The zero-order valence-electron chi connectivity index (χ0n) is 17.5. The number of rotatable bonds is 9. The molecule has 2 heterocycles. The Morgan fingerprint density at radius 3 is 2.60 bits per heavy atom. The number of aromatic nitrogens is 3. The van der Waals surface area contributed by atoms with Crippen LogP contribution in [0, 0.1) is 0 Å². The van der Waals surface area contributed by atoms with Gasteiger partial charge in [0, 0.05) is 38.6 Å². The molecule has 0 unspecified atom stereocenters. The number of nitrogens with zero attached hydrogens (tertiary/aromatic N) is 4. The van der Waals surface area contributed by atoms with Gasteiger partial charge in [0.15, 0.2) is 0 Å². The van der Waals surface area contributed by atoms with E-state index in [0.29, 0.717) is 25.4 Å². The van der Waals surface area contributed by atoms with E-state index < -0.39 is 0 Å². The maximum absolute atomic E-state index is 12.0. The predicted molar refractivity (Wildman–Crippen MR) is 117 cm³/mol. The first-order valence-electron chi connectivity index (χ1n) is 9.87. The van der Waals surface area contributed by atoms with Crippen molar-refractivity contribution in [2.75, 3.05) is 38.7 Å². The van der Waals surface area contributed by atoms with E-state index in [4.69, 9.17) is 4.74 Å². The summed E-state index contributed by atoms with van der Waals surface area (Å²) in [5.74, 6) is 0.742. The lowest BCUT2D eigenvalue weighted by molar-refractivity contribution is -0.129. The van der Waals surface area contributed by atoms with Gasteiger partial charge < -0.3 is 19.5 Å². The lowest BCUT2D eigenvalue weighted by Gasteiger charge is -2.22. The van der Waals surface area contributed by atoms with Gasteiger partial charge in [0.2, 0.25) is 5.91 Å². The van der Waals surface area contributed by atoms with Crippen LogP contribution in [0.1, 0.15) is 6.92 Å². The first-order chi connectivity index (χ1) is 14.5. The summed E-state index contributed by atoms with van der Waals surface area (Å²) in [6.45, 7) is 4.01. The third-order valence-corrected chi connectivity index (χ3v) is 4.74. The molecule has 158 valence electrons. The Hall–Kier alpha value is -3.55. The number of nitrogens with one attached hydrogen (secondary N) is 1. The van der Waals surface area contributed by atoms with Crippen LogP contribution < -0.4 is 15.2 Å². The number of hydrogen-bond acceptors (Lipinski definition) is 5. The van der Waals surface area contributed by atoms with Crippen LogP contribution >= 0.6 is 0 Å². The molecule has 0 atom stereocenters. The Morgan fingerprint density at radius 1 is 1.17 bits per heavy atom. The van der Waals surface area contributed by atoms with Gasteiger partial charge >= 0.3 is 0 Å². The molecule has 0 aliphatic heterocycles. The van der Waals surface area contributed by atoms with Gasteiger partial charge in [0.1, 0.15) is 24.6 Å². The Labute approximate surface area is 175 Å². The first-order valence-corrected chi connectivity index (χ1v) is 9.87. The van der Waals surface area contributed by atoms with Gasteiger partial charge in [0.05, 0.1) is 12.2 Å². The lowest BCUT2D eigenvalue weighted by Crippen LogP contribution is -2.32. The molecule has 3 aromatic rings. The number of hydrogen-bond donors (Lipinski definition) is 1. The van der Waals surface area contributed by atoms with E-state index >= 15 is 0 Å². The number of carbonyl (C=O) groups excluding carboxylic acids is 1. The Kier molecular flexibility index (Phi) is 6.90. The average Bonchev–Trinajstić information content (AvgIpc) is 3.21. The minimum Gasteiger partial charge on any atom is -0.492 e. The fraction of sp³-hybridized carbons (Fsp3) is 0.318. The number of amides is 1. The highest BCUT2D eigenvalue weighted by molar-refractivity contribution is 5.75. The summed E-state index contributed by atoms with van der Waals surface area (Å²) in [5, 5.41) is 4.46. The van der Waals surface area contributed by atoms with Crippen molar-refractivity contribution in [1.82, 2.24) is 19.7 Å². The van der Waals surface area contributed by atoms with Gasteiger partial charge in [-0.1, -0.05) is 0 Å². The van der Waals surface area contributed by atoms with Crippen LogP contribution in [0.15, 0.2) is 59.7 Å². The predicted octanol–water partition coefficient (Wildman–Crippen LogP) is 2.23. The monoisotopic (exact) mass is 409 g/mol. The van der Waals surface area contributed by atoms with Crippen LogP contribution in [0.5, 0.6) is 5.75 Å². The van der Waals surface area contributed by atoms with Crippen molar-refractivity contribution in [3.63, 3.8) is 0 Å². The molecule has 8 heteroatoms. The molecule has 0 saturated carbocycles. The maximum Gasteiger partial charge on any atom is 0.271 e. The molecule has 1 amide bonds. The largest absolute Gasteiger partial charge is 0.492 e. The molecular formula is C22H27N5O3. The standard InChI is InChI=1S/C22H27N5O3/c1-4-26(20-6-5-12-23-22(20)29)14-15-30-18-9-7-17(8-10-18)19-11-13-27(24-19)16-21(28)25(2)3/h5-13H,4,14-16H2,1-3H3,(H,23,29). The molecular weight excluding hydrogens is 382 g/mol. The first kappa shape index (κ1) is 21.2. The highest BCUT2D eigenvalue weighted by Crippen LogP contribution is 2.21. The van der Waals surface area contributed by atoms with Crippen molar-refractivity contribution in [3.05, 3.63) is 65.2 Å². The van der Waals surface area contributed by atoms with Crippen molar-refractivity contribution < 1.29 is 9.53 Å². The summed E-state index contributed by atoms with van der Waals surface area (Å²) < 4.78 is 7.48. The van der Waals surface area contributed by atoms with Crippen molar-refractivity contribution in [3.8, 4) is 17.0 Å². The Morgan fingerprint density at radius 2 is 1.93 bits per heavy atom. The van der Waals surface area contributed by atoms with Crippen LogP contribution in [-0.4, -0.2) is 59.4 Å². The van der Waals surface area contributed by atoms with Crippen LogP contribution in [-0.2, 0) is 11.3 Å². The van der Waals surface area contributed by atoms with E-state index in [1.807, 2.05) is 54.3 Å². The Balaban J connectivity index is 1.56. The van der Waals surface area contributed by atoms with Gasteiger partial charge in [-0.3, -0.25) is 14.3 Å². The molecule has 0 fully saturated rings. The van der Waals surface area contributed by atoms with Crippen molar-refractivity contribution in [2.24, 2.45) is 0 Å². The highest BCUT2D eigenvalue weighted by Gasteiger charge is 2.10. The number of H-pyrrole nitrogens is 1. The number of ether oxygens (including phenoxy) is 1. The number of likely N-dealkylation sites (N-methyl/N-ethyl adjacent to an activating group) is 2. The molecule has 0 radical (unpaired) electrons. The molecule has 0 bridgehead atoms. The minimum absolute atomic E-state index is 0.00739. The number of anilines is 1. The van der Waals surface area contributed by atoms with E-state index in [2.05, 4.69) is 10.1 Å². The van der Waals surface area contributed by atoms with Gasteiger partial charge in [-0.05, 0) is 49.4 Å². The van der Waals surface area contributed by atoms with Crippen LogP contribution in [0.3, 0.4) is 0 Å². The van der Waals surface area contributed by atoms with Gasteiger partial charge in [-0.25, -0.2) is 0 Å². The molecule has 2 aromatic heterocycles. The molecule has 0 saturated heterocycles. The zero-order valence-corrected chi connectivity index (χ0v) is 17.5. The minimum atomic E-state index is -0.101. The van der Waals surface area contributed by atoms with Gasteiger partial charge in [-0.2, -0.15) is 5.10 Å². The summed E-state index contributed by atoms with van der Waals surface area (Å²) in [4.78, 5) is 30.0. The molecule has 8 nitrogen and oxygen atoms in total. The normalized spacial score (nSPS) is 10.6. The average molecular weight is 409 g/mol. The van der Waals surface area contributed by atoms with E-state index in [1.165, 1.54) is 0 Å². The third kappa shape index (κ3) is 5.28. The fourth-order valence-electron chi connectivity index (χ4n) is 2.99. The second-order valence-electron chi connectivity index (χ2n) is 7.02. The van der Waals surface area contributed by atoms with E-state index in [-0.39, 0.29) is 18.0 Å². The zero-order chi connectivity index (χ0) is 21.5. The Bertz CT molecular complexity index is 1020. The second kappa shape index (κ2) is 9.78. The third-order valence-electron chi connectivity index (χ3n) is 4.74. The summed E-state index contributed by atoms with van der Waals surface area (Å²) in [6, 6.07) is 13.2. The van der Waals surface area contributed by atoms with Crippen molar-refractivity contribution >= 4 is 11.6 Å². The molecule has 0 spiro atoms. The quantitative estimate of drug-likeness (QED) is 0.586. The highest BCUT2D eigenvalue weighted by atomic mass is 16.5. The second-order valence-corrected chi connectivity index (χ2v) is 7.02. The van der Waals surface area contributed by atoms with Crippen LogP contribution in [0.2, 0.25) is 0 Å². The topological polar surface area (TPSA) is 83.5 Å². The number of pyridine rings is 1. The molecule has 30 heavy (non-hydrogen) atoms. The van der Waals surface area contributed by atoms with Crippen LogP contribution in [0.25, 0.3) is 11.3 Å². The summed E-state index contributed by atoms with van der Waals surface area (Å²) in [6.07, 6.45) is 3.42. The molecule has 0 aliphatic carbocycles. The summed E-state index contributed by atoms with van der Waals surface area (Å²) >= 11 is 0. The lowest BCUT2D eigenvalue weighted by atomic mass is 10.1. The summed E-state index contributed by atoms with van der Waals surface area (Å²) in [5.41, 5.74) is 2.29. The molecule has 3 rings (SSSR count). The number of carbonyl (C=O) groups is 1. The van der Waals surface area contributed by atoms with E-state index in [0.717, 1.165) is 17.0 Å². The van der Waals surface area contributed by atoms with Gasteiger partial charge in [-0.15, -0.1) is 0 Å². The fourth-order valence-corrected chi connectivity index (χ4v) is 2.99. The van der Waals surface area contributed by atoms with Gasteiger partial charge in [0.25, 0.3) is 5.56 Å². The van der Waals surface area contributed by atoms with E-state index in [1.54, 1.807) is 36.1 Å². The summed E-state index contributed by atoms with van der Waals surface area (Å²) in [7, 11) is 3.45. The number of benzene rings is 1. The SMILES string of the molecule is CCN(CCOc1ccc(-c2ccn(CC(=O)N(C)C)n2)cc1)c1ccc[nH]c1=O. The number of aromatic amines is 1. The molecule has 1 aromatic carbocycles. The molecule has 0 aliphatic rings. The maximum atomic E-state index is 12.0. The van der Waals surface area contributed by atoms with Crippen molar-refractivity contribution in [1.29, 1.82) is 0 Å². The smallest absolute Gasteiger partial charge is 0.271 e.